The largest absolute Gasteiger partial charge is 0.481 e. The number of anilines is 1. The maximum atomic E-state index is 11.6. The number of aromatic nitrogens is 3. The molecular formula is C13H12Cl2N4O2. The third kappa shape index (κ3) is 2.69. The van der Waals surface area contributed by atoms with Crippen LogP contribution in [0.5, 0.6) is 0 Å². The molecule has 0 spiro atoms. The lowest BCUT2D eigenvalue weighted by Crippen LogP contribution is -2.33. The predicted octanol–water partition coefficient (Wildman–Crippen LogP) is 2.21. The third-order valence-electron chi connectivity index (χ3n) is 3.65. The fourth-order valence-corrected chi connectivity index (χ4v) is 3.27. The molecule has 1 aliphatic heterocycles. The van der Waals surface area contributed by atoms with Gasteiger partial charge in [0.15, 0.2) is 0 Å². The second kappa shape index (κ2) is 5.20. The van der Waals surface area contributed by atoms with E-state index < -0.39 is 11.9 Å². The smallest absolute Gasteiger partial charge is 0.307 e. The molecule has 2 atom stereocenters. The summed E-state index contributed by atoms with van der Waals surface area (Å²) >= 11 is 12.0. The number of nitrogen functional groups attached to an aromatic ring is 1. The molecule has 2 unspecified atom stereocenters. The van der Waals surface area contributed by atoms with Crippen molar-refractivity contribution in [3.8, 4) is 0 Å². The Balaban J connectivity index is 2.04. The van der Waals surface area contributed by atoms with Crippen LogP contribution in [-0.2, 0) is 17.8 Å². The van der Waals surface area contributed by atoms with Crippen molar-refractivity contribution >= 4 is 35.1 Å². The quantitative estimate of drug-likeness (QED) is 0.882. The zero-order chi connectivity index (χ0) is 15.1. The van der Waals surface area contributed by atoms with E-state index in [9.17, 15) is 9.90 Å². The molecule has 0 saturated heterocycles. The summed E-state index contributed by atoms with van der Waals surface area (Å²) < 4.78 is 1.65. The van der Waals surface area contributed by atoms with E-state index in [0.29, 0.717) is 22.4 Å². The van der Waals surface area contributed by atoms with E-state index >= 15 is 0 Å². The Morgan fingerprint density at radius 3 is 2.62 bits per heavy atom. The van der Waals surface area contributed by atoms with Gasteiger partial charge in [-0.05, 0) is 23.8 Å². The number of fused-ring (bicyclic) bond motifs is 1. The molecule has 21 heavy (non-hydrogen) atoms. The van der Waals surface area contributed by atoms with E-state index in [1.807, 2.05) is 0 Å². The van der Waals surface area contributed by atoms with Crippen molar-refractivity contribution in [3.63, 3.8) is 0 Å². The highest BCUT2D eigenvalue weighted by Crippen LogP contribution is 2.36. The van der Waals surface area contributed by atoms with Gasteiger partial charge in [-0.2, -0.15) is 4.98 Å². The first-order valence-electron chi connectivity index (χ1n) is 6.32. The summed E-state index contributed by atoms with van der Waals surface area (Å²) in [7, 11) is 0. The van der Waals surface area contributed by atoms with Gasteiger partial charge in [0.1, 0.15) is 5.82 Å². The number of benzene rings is 1. The maximum absolute atomic E-state index is 11.6. The van der Waals surface area contributed by atoms with Crippen molar-refractivity contribution in [3.05, 3.63) is 39.6 Å². The topological polar surface area (TPSA) is 94.0 Å². The van der Waals surface area contributed by atoms with Crippen LogP contribution in [0.1, 0.15) is 17.3 Å². The average molecular weight is 327 g/mol. The maximum Gasteiger partial charge on any atom is 0.307 e. The minimum Gasteiger partial charge on any atom is -0.481 e. The summed E-state index contributed by atoms with van der Waals surface area (Å²) in [5.74, 6) is -1.05. The van der Waals surface area contributed by atoms with Crippen molar-refractivity contribution in [2.75, 3.05) is 5.73 Å². The van der Waals surface area contributed by atoms with Crippen LogP contribution in [0.15, 0.2) is 18.2 Å². The van der Waals surface area contributed by atoms with Crippen molar-refractivity contribution < 1.29 is 9.90 Å². The van der Waals surface area contributed by atoms with Gasteiger partial charge in [0.25, 0.3) is 0 Å². The first-order chi connectivity index (χ1) is 9.94. The van der Waals surface area contributed by atoms with Gasteiger partial charge in [-0.15, -0.1) is 5.10 Å². The van der Waals surface area contributed by atoms with Gasteiger partial charge in [0, 0.05) is 22.4 Å². The molecule has 8 heteroatoms. The van der Waals surface area contributed by atoms with Gasteiger partial charge in [-0.25, -0.2) is 4.68 Å². The number of nitrogens with zero attached hydrogens (tertiary/aromatic N) is 3. The third-order valence-corrected chi connectivity index (χ3v) is 4.09. The van der Waals surface area contributed by atoms with E-state index in [-0.39, 0.29) is 18.3 Å². The number of carboxylic acids is 1. The second-order valence-corrected chi connectivity index (χ2v) is 5.90. The Morgan fingerprint density at radius 1 is 1.33 bits per heavy atom. The van der Waals surface area contributed by atoms with Crippen LogP contribution in [0.3, 0.4) is 0 Å². The fraction of sp³-hybridized carbons (Fsp3) is 0.308. The first kappa shape index (κ1) is 14.2. The van der Waals surface area contributed by atoms with E-state index in [0.717, 1.165) is 5.56 Å². The Labute approximate surface area is 130 Å². The molecule has 3 rings (SSSR count). The Hall–Kier alpha value is -1.79. The zero-order valence-corrected chi connectivity index (χ0v) is 12.3. The Kier molecular flexibility index (Phi) is 3.51. The van der Waals surface area contributed by atoms with Gasteiger partial charge >= 0.3 is 5.97 Å². The standard InChI is InChI=1S/C13H12Cl2N4O2/c14-7-1-6(2-8(15)3-7)10-5-19-11(17-13(16)18-19)4-9(10)12(20)21/h1-3,9-10H,4-5H2,(H2,16,18)(H,20,21). The lowest BCUT2D eigenvalue weighted by molar-refractivity contribution is -0.143. The monoisotopic (exact) mass is 326 g/mol. The molecular weight excluding hydrogens is 315 g/mol. The van der Waals surface area contributed by atoms with E-state index in [4.69, 9.17) is 28.9 Å². The SMILES string of the molecule is Nc1nc2n(n1)CC(c1cc(Cl)cc(Cl)c1)C(C(=O)O)C2. The van der Waals surface area contributed by atoms with Crippen LogP contribution in [-0.4, -0.2) is 25.8 Å². The van der Waals surface area contributed by atoms with Crippen LogP contribution in [0.25, 0.3) is 0 Å². The van der Waals surface area contributed by atoms with Gasteiger partial charge in [0.05, 0.1) is 12.5 Å². The molecule has 0 bridgehead atoms. The number of rotatable bonds is 2. The Bertz CT molecular complexity index is 696. The molecule has 2 heterocycles. The molecule has 1 aliphatic rings. The molecule has 1 aromatic carbocycles. The Morgan fingerprint density at radius 2 is 2.00 bits per heavy atom. The minimum absolute atomic E-state index is 0.152. The summed E-state index contributed by atoms with van der Waals surface area (Å²) in [4.78, 5) is 15.6. The van der Waals surface area contributed by atoms with E-state index in [2.05, 4.69) is 10.1 Å². The summed E-state index contributed by atoms with van der Waals surface area (Å²) in [6.07, 6.45) is 0.272. The van der Waals surface area contributed by atoms with Crippen LogP contribution in [0.4, 0.5) is 5.95 Å². The van der Waals surface area contributed by atoms with Gasteiger partial charge in [-0.1, -0.05) is 23.2 Å². The number of aliphatic carboxylic acids is 1. The van der Waals surface area contributed by atoms with Crippen LogP contribution < -0.4 is 5.73 Å². The van der Waals surface area contributed by atoms with E-state index in [1.54, 1.807) is 22.9 Å². The van der Waals surface area contributed by atoms with Crippen LogP contribution in [0.2, 0.25) is 10.0 Å². The van der Waals surface area contributed by atoms with Crippen LogP contribution >= 0.6 is 23.2 Å². The lowest BCUT2D eigenvalue weighted by atomic mass is 9.81. The van der Waals surface area contributed by atoms with Crippen molar-refractivity contribution in [1.82, 2.24) is 14.8 Å². The van der Waals surface area contributed by atoms with Gasteiger partial charge in [-0.3, -0.25) is 4.79 Å². The zero-order valence-electron chi connectivity index (χ0n) is 10.8. The van der Waals surface area contributed by atoms with Gasteiger partial charge < -0.3 is 10.8 Å². The van der Waals surface area contributed by atoms with Crippen molar-refractivity contribution in [2.45, 2.75) is 18.9 Å². The molecule has 3 N–H and O–H groups in total. The number of hydrogen-bond acceptors (Lipinski definition) is 4. The molecule has 1 aromatic heterocycles. The highest BCUT2D eigenvalue weighted by Gasteiger charge is 2.36. The number of nitrogens with two attached hydrogens (primary N) is 1. The molecule has 110 valence electrons. The summed E-state index contributed by atoms with van der Waals surface area (Å²) in [5, 5.41) is 14.5. The van der Waals surface area contributed by atoms with Crippen LogP contribution in [0, 0.1) is 5.92 Å². The second-order valence-electron chi connectivity index (χ2n) is 5.03. The molecule has 2 aromatic rings. The molecule has 0 saturated carbocycles. The van der Waals surface area contributed by atoms with Crippen molar-refractivity contribution in [2.24, 2.45) is 5.92 Å². The molecule has 6 nitrogen and oxygen atoms in total. The number of halogens is 2. The molecule has 0 fully saturated rings. The fourth-order valence-electron chi connectivity index (χ4n) is 2.73. The average Bonchev–Trinajstić information content (AvgIpc) is 2.75. The summed E-state index contributed by atoms with van der Waals surface area (Å²) in [6, 6.07) is 5.09. The van der Waals surface area contributed by atoms with E-state index in [1.165, 1.54) is 0 Å². The van der Waals surface area contributed by atoms with Crippen molar-refractivity contribution in [1.29, 1.82) is 0 Å². The number of carbonyl (C=O) groups is 1. The number of hydrogen-bond donors (Lipinski definition) is 2. The highest BCUT2D eigenvalue weighted by atomic mass is 35.5. The summed E-state index contributed by atoms with van der Waals surface area (Å²) in [5.41, 5.74) is 6.36. The number of carboxylic acid groups (broad SMARTS) is 1. The van der Waals surface area contributed by atoms with Gasteiger partial charge in [0.2, 0.25) is 5.95 Å². The normalized spacial score (nSPS) is 21.0. The predicted molar refractivity (Wildman–Crippen MR) is 78.5 cm³/mol. The minimum atomic E-state index is -0.885. The first-order valence-corrected chi connectivity index (χ1v) is 7.07. The summed E-state index contributed by atoms with van der Waals surface area (Å²) in [6.45, 7) is 0.382. The molecule has 0 radical (unpaired) electrons. The highest BCUT2D eigenvalue weighted by molar-refractivity contribution is 6.34. The lowest BCUT2D eigenvalue weighted by Gasteiger charge is -2.29. The molecule has 0 amide bonds. The molecule has 0 aliphatic carbocycles.